The van der Waals surface area contributed by atoms with Crippen molar-refractivity contribution in [1.82, 2.24) is 9.80 Å². The highest BCUT2D eigenvalue weighted by atomic mass is 32.1. The van der Waals surface area contributed by atoms with Crippen molar-refractivity contribution in [3.63, 3.8) is 0 Å². The van der Waals surface area contributed by atoms with Crippen LogP contribution in [0.25, 0.3) is 11.6 Å². The Morgan fingerprint density at radius 1 is 1.04 bits per heavy atom. The third-order valence-electron chi connectivity index (χ3n) is 4.21. The van der Waals surface area contributed by atoms with Gasteiger partial charge in [0.1, 0.15) is 5.82 Å². The third-order valence-corrected chi connectivity index (χ3v) is 5.11. The lowest BCUT2D eigenvalue weighted by atomic mass is 10.1. The van der Waals surface area contributed by atoms with Gasteiger partial charge in [0.25, 0.3) is 5.91 Å². The number of halogens is 1. The van der Waals surface area contributed by atoms with Crippen molar-refractivity contribution in [2.24, 2.45) is 0 Å². The molecule has 1 aliphatic heterocycles. The van der Waals surface area contributed by atoms with Gasteiger partial charge in [0.2, 0.25) is 5.91 Å². The maximum atomic E-state index is 13.1. The van der Waals surface area contributed by atoms with Gasteiger partial charge in [-0.2, -0.15) is 0 Å². The highest BCUT2D eigenvalue weighted by Gasteiger charge is 2.25. The Morgan fingerprint density at radius 2 is 1.68 bits per heavy atom. The summed E-state index contributed by atoms with van der Waals surface area (Å²) in [5.41, 5.74) is 1.37. The van der Waals surface area contributed by atoms with Crippen molar-refractivity contribution in [3.8, 4) is 0 Å². The average molecular weight is 358 g/mol. The van der Waals surface area contributed by atoms with E-state index in [2.05, 4.69) is 0 Å². The Balaban J connectivity index is 1.84. The topological polar surface area (TPSA) is 40.6 Å². The number of carbonyl (C=O) groups is 2. The predicted molar refractivity (Wildman–Crippen MR) is 97.4 cm³/mol. The second-order valence-corrected chi connectivity index (χ2v) is 6.83. The molecule has 1 saturated heterocycles. The summed E-state index contributed by atoms with van der Waals surface area (Å²) in [5, 5.41) is 1.93. The predicted octanol–water partition coefficient (Wildman–Crippen LogP) is 3.12. The van der Waals surface area contributed by atoms with Gasteiger partial charge in [-0.3, -0.25) is 9.59 Å². The number of nitrogens with zero attached hydrogens (tertiary/aromatic N) is 2. The van der Waals surface area contributed by atoms with Gasteiger partial charge in [0, 0.05) is 38.0 Å². The molecule has 1 aliphatic rings. The average Bonchev–Trinajstić information content (AvgIpc) is 3.15. The number of thiophene rings is 1. The van der Waals surface area contributed by atoms with Crippen LogP contribution in [0.3, 0.4) is 0 Å². The first-order valence-corrected chi connectivity index (χ1v) is 8.98. The van der Waals surface area contributed by atoms with Crippen molar-refractivity contribution in [2.75, 3.05) is 26.2 Å². The fourth-order valence-electron chi connectivity index (χ4n) is 2.79. The first-order valence-electron chi connectivity index (χ1n) is 8.10. The highest BCUT2D eigenvalue weighted by molar-refractivity contribution is 7.11. The Labute approximate surface area is 150 Å². The molecule has 0 aliphatic carbocycles. The largest absolute Gasteiger partial charge is 0.339 e. The minimum atomic E-state index is -0.304. The van der Waals surface area contributed by atoms with Crippen molar-refractivity contribution in [1.29, 1.82) is 0 Å². The lowest BCUT2D eigenvalue weighted by Crippen LogP contribution is -2.50. The molecule has 3 rings (SSSR count). The number of benzene rings is 1. The van der Waals surface area contributed by atoms with E-state index in [4.69, 9.17) is 0 Å². The zero-order valence-corrected chi connectivity index (χ0v) is 14.8. The van der Waals surface area contributed by atoms with Crippen molar-refractivity contribution < 1.29 is 14.0 Å². The van der Waals surface area contributed by atoms with E-state index in [-0.39, 0.29) is 17.6 Å². The fraction of sp³-hybridized carbons (Fsp3) is 0.263. The molecule has 0 bridgehead atoms. The molecule has 0 saturated carbocycles. The molecule has 0 N–H and O–H groups in total. The van der Waals surface area contributed by atoms with E-state index in [0.29, 0.717) is 31.8 Å². The molecule has 4 nitrogen and oxygen atoms in total. The first-order chi connectivity index (χ1) is 12.0. The third kappa shape index (κ3) is 4.14. The molecule has 0 spiro atoms. The van der Waals surface area contributed by atoms with Crippen molar-refractivity contribution in [2.45, 2.75) is 6.92 Å². The summed E-state index contributed by atoms with van der Waals surface area (Å²) in [6.07, 6.45) is 1.80. The van der Waals surface area contributed by atoms with Gasteiger partial charge < -0.3 is 9.80 Å². The van der Waals surface area contributed by atoms with Crippen LogP contribution in [-0.4, -0.2) is 47.8 Å². The van der Waals surface area contributed by atoms with Crippen LogP contribution in [0, 0.1) is 5.82 Å². The van der Waals surface area contributed by atoms with Gasteiger partial charge in [-0.1, -0.05) is 18.2 Å². The molecule has 0 radical (unpaired) electrons. The van der Waals surface area contributed by atoms with Crippen LogP contribution in [0.1, 0.15) is 17.4 Å². The van der Waals surface area contributed by atoms with Crippen LogP contribution in [0.4, 0.5) is 4.39 Å². The second-order valence-electron chi connectivity index (χ2n) is 5.89. The van der Waals surface area contributed by atoms with E-state index in [0.717, 1.165) is 10.4 Å². The second kappa shape index (κ2) is 7.61. The molecule has 6 heteroatoms. The number of amides is 2. The minimum absolute atomic E-state index is 0.0347. The van der Waals surface area contributed by atoms with Crippen LogP contribution >= 0.6 is 11.3 Å². The van der Waals surface area contributed by atoms with Crippen LogP contribution in [-0.2, 0) is 9.59 Å². The zero-order chi connectivity index (χ0) is 17.8. The van der Waals surface area contributed by atoms with E-state index >= 15 is 0 Å². The molecule has 2 heterocycles. The maximum absolute atomic E-state index is 13.1. The first kappa shape index (κ1) is 17.4. The van der Waals surface area contributed by atoms with Gasteiger partial charge in [0.15, 0.2) is 0 Å². The van der Waals surface area contributed by atoms with Crippen LogP contribution in [0.2, 0.25) is 0 Å². The lowest BCUT2D eigenvalue weighted by Gasteiger charge is -2.34. The highest BCUT2D eigenvalue weighted by Crippen LogP contribution is 2.25. The van der Waals surface area contributed by atoms with E-state index in [1.807, 2.05) is 17.5 Å². The number of hydrogen-bond donors (Lipinski definition) is 0. The molecule has 25 heavy (non-hydrogen) atoms. The van der Waals surface area contributed by atoms with Gasteiger partial charge in [-0.05, 0) is 35.2 Å². The standard InChI is InChI=1S/C19H19FN2O2S/c1-14(23)21-8-10-22(11-9-21)19(24)17(18-3-2-12-25-18)13-15-4-6-16(20)7-5-15/h2-7,12-13H,8-11H2,1H3. The molecule has 130 valence electrons. The van der Waals surface area contributed by atoms with Crippen molar-refractivity contribution in [3.05, 3.63) is 58.0 Å². The van der Waals surface area contributed by atoms with Gasteiger partial charge in [-0.15, -0.1) is 11.3 Å². The van der Waals surface area contributed by atoms with Gasteiger partial charge >= 0.3 is 0 Å². The number of carbonyl (C=O) groups excluding carboxylic acids is 2. The summed E-state index contributed by atoms with van der Waals surface area (Å²) in [5.74, 6) is -0.330. The monoisotopic (exact) mass is 358 g/mol. The fourth-order valence-corrected chi connectivity index (χ4v) is 3.52. The number of hydrogen-bond acceptors (Lipinski definition) is 3. The molecule has 0 atom stereocenters. The smallest absolute Gasteiger partial charge is 0.255 e. The molecule has 0 unspecified atom stereocenters. The Bertz CT molecular complexity index is 776. The van der Waals surface area contributed by atoms with Gasteiger partial charge in [0.05, 0.1) is 5.57 Å². The number of piperazine rings is 1. The van der Waals surface area contributed by atoms with E-state index in [1.165, 1.54) is 23.5 Å². The maximum Gasteiger partial charge on any atom is 0.255 e. The Hall–Kier alpha value is -2.47. The Morgan fingerprint density at radius 3 is 2.24 bits per heavy atom. The van der Waals surface area contributed by atoms with E-state index < -0.39 is 0 Å². The molecule has 2 amide bonds. The van der Waals surface area contributed by atoms with E-state index in [1.54, 1.807) is 34.9 Å². The van der Waals surface area contributed by atoms with E-state index in [9.17, 15) is 14.0 Å². The van der Waals surface area contributed by atoms with Crippen LogP contribution < -0.4 is 0 Å². The quantitative estimate of drug-likeness (QED) is 0.791. The lowest BCUT2D eigenvalue weighted by molar-refractivity contribution is -0.135. The number of rotatable bonds is 3. The minimum Gasteiger partial charge on any atom is -0.339 e. The van der Waals surface area contributed by atoms with Crippen LogP contribution in [0.15, 0.2) is 41.8 Å². The molecule has 2 aromatic rings. The zero-order valence-electron chi connectivity index (χ0n) is 13.9. The van der Waals surface area contributed by atoms with Crippen molar-refractivity contribution >= 4 is 34.8 Å². The summed E-state index contributed by atoms with van der Waals surface area (Å²) >= 11 is 1.50. The summed E-state index contributed by atoms with van der Waals surface area (Å²) < 4.78 is 13.1. The summed E-state index contributed by atoms with van der Waals surface area (Å²) in [6, 6.07) is 9.89. The molecule has 1 aromatic heterocycles. The Kier molecular flexibility index (Phi) is 5.28. The molecular weight excluding hydrogens is 339 g/mol. The van der Waals surface area contributed by atoms with Gasteiger partial charge in [-0.25, -0.2) is 4.39 Å². The summed E-state index contributed by atoms with van der Waals surface area (Å²) in [7, 11) is 0. The summed E-state index contributed by atoms with van der Waals surface area (Å²) in [4.78, 5) is 28.9. The normalized spacial score (nSPS) is 15.4. The molecule has 1 fully saturated rings. The SMILES string of the molecule is CC(=O)N1CCN(C(=O)C(=Cc2ccc(F)cc2)c2cccs2)CC1. The van der Waals surface area contributed by atoms with Crippen LogP contribution in [0.5, 0.6) is 0 Å². The molecular formula is C19H19FN2O2S. The summed E-state index contributed by atoms with van der Waals surface area (Å²) in [6.45, 7) is 3.68. The molecule has 1 aromatic carbocycles.